The van der Waals surface area contributed by atoms with Gasteiger partial charge in [-0.05, 0) is 24.6 Å². The minimum Gasteiger partial charge on any atom is -0.352 e. The zero-order chi connectivity index (χ0) is 13.8. The van der Waals surface area contributed by atoms with E-state index in [1.165, 1.54) is 12.1 Å². The van der Waals surface area contributed by atoms with Crippen molar-refractivity contribution >= 4 is 27.5 Å². The number of carbonyl (C=O) groups excluding carboxylic acids is 1. The van der Waals surface area contributed by atoms with Crippen LogP contribution in [0.3, 0.4) is 0 Å². The molecule has 0 saturated heterocycles. The molecule has 0 aromatic heterocycles. The zero-order valence-electron chi connectivity index (χ0n) is 9.32. The summed E-state index contributed by atoms with van der Waals surface area (Å²) in [4.78, 5) is 11.6. The lowest BCUT2D eigenvalue weighted by Gasteiger charge is -2.06. The van der Waals surface area contributed by atoms with Gasteiger partial charge in [0.1, 0.15) is 5.82 Å². The average molecular weight is 295 g/mol. The third-order valence-corrected chi connectivity index (χ3v) is 3.16. The number of nitrogens with one attached hydrogen (secondary N) is 1. The highest BCUT2D eigenvalue weighted by molar-refractivity contribution is 7.89. The first-order valence-electron chi connectivity index (χ1n) is 5.03. The SMILES string of the molecule is NS(=O)(=O)CCCNC(=O)c1cc(Cl)ccc1F. The maximum Gasteiger partial charge on any atom is 0.254 e. The van der Waals surface area contributed by atoms with Crippen molar-refractivity contribution in [1.29, 1.82) is 0 Å². The van der Waals surface area contributed by atoms with Crippen LogP contribution in [-0.4, -0.2) is 26.6 Å². The summed E-state index contributed by atoms with van der Waals surface area (Å²) >= 11 is 5.64. The number of primary sulfonamides is 1. The highest BCUT2D eigenvalue weighted by Gasteiger charge is 2.12. The van der Waals surface area contributed by atoms with Gasteiger partial charge in [0.05, 0.1) is 11.3 Å². The molecule has 0 aliphatic heterocycles. The molecule has 100 valence electrons. The van der Waals surface area contributed by atoms with Crippen LogP contribution in [0.5, 0.6) is 0 Å². The van der Waals surface area contributed by atoms with E-state index < -0.39 is 21.7 Å². The summed E-state index contributed by atoms with van der Waals surface area (Å²) in [5.41, 5.74) is -0.182. The fourth-order valence-electron chi connectivity index (χ4n) is 1.24. The van der Waals surface area contributed by atoms with Crippen molar-refractivity contribution in [2.75, 3.05) is 12.3 Å². The van der Waals surface area contributed by atoms with Gasteiger partial charge in [-0.2, -0.15) is 0 Å². The Morgan fingerprint density at radius 1 is 1.44 bits per heavy atom. The van der Waals surface area contributed by atoms with E-state index in [0.29, 0.717) is 0 Å². The molecule has 0 saturated carbocycles. The van der Waals surface area contributed by atoms with Crippen LogP contribution in [0.4, 0.5) is 4.39 Å². The number of carbonyl (C=O) groups is 1. The monoisotopic (exact) mass is 294 g/mol. The summed E-state index contributed by atoms with van der Waals surface area (Å²) in [6, 6.07) is 3.61. The molecule has 0 atom stereocenters. The van der Waals surface area contributed by atoms with Crippen LogP contribution in [0.1, 0.15) is 16.8 Å². The molecule has 0 aliphatic rings. The van der Waals surface area contributed by atoms with Crippen LogP contribution in [0.15, 0.2) is 18.2 Å². The molecular weight excluding hydrogens is 283 g/mol. The summed E-state index contributed by atoms with van der Waals surface area (Å²) in [5.74, 6) is -1.58. The van der Waals surface area contributed by atoms with Gasteiger partial charge < -0.3 is 5.32 Å². The molecule has 0 unspecified atom stereocenters. The zero-order valence-corrected chi connectivity index (χ0v) is 10.9. The van der Waals surface area contributed by atoms with E-state index in [1.54, 1.807) is 0 Å². The van der Waals surface area contributed by atoms with Crippen molar-refractivity contribution < 1.29 is 17.6 Å². The summed E-state index contributed by atoms with van der Waals surface area (Å²) in [5, 5.41) is 7.41. The van der Waals surface area contributed by atoms with Crippen LogP contribution in [0, 0.1) is 5.82 Å². The predicted octanol–water partition coefficient (Wildman–Crippen LogP) is 0.888. The van der Waals surface area contributed by atoms with Crippen molar-refractivity contribution in [2.24, 2.45) is 5.14 Å². The largest absolute Gasteiger partial charge is 0.352 e. The third-order valence-electron chi connectivity index (χ3n) is 2.06. The molecule has 0 fully saturated rings. The van der Waals surface area contributed by atoms with Crippen LogP contribution >= 0.6 is 11.6 Å². The Morgan fingerprint density at radius 3 is 2.72 bits per heavy atom. The number of hydrogen-bond acceptors (Lipinski definition) is 3. The molecule has 1 rings (SSSR count). The first-order chi connectivity index (χ1) is 8.29. The number of benzene rings is 1. The van der Waals surface area contributed by atoms with Crippen LogP contribution in [0.2, 0.25) is 5.02 Å². The minimum atomic E-state index is -3.55. The predicted molar refractivity (Wildman–Crippen MR) is 66.3 cm³/mol. The smallest absolute Gasteiger partial charge is 0.254 e. The molecular formula is C10H12ClFN2O3S. The van der Waals surface area contributed by atoms with E-state index in [-0.39, 0.29) is 29.3 Å². The normalized spacial score (nSPS) is 11.3. The number of halogens is 2. The van der Waals surface area contributed by atoms with Crippen LogP contribution < -0.4 is 10.5 Å². The van der Waals surface area contributed by atoms with Gasteiger partial charge in [0, 0.05) is 11.6 Å². The molecule has 0 radical (unpaired) electrons. The highest BCUT2D eigenvalue weighted by Crippen LogP contribution is 2.14. The molecule has 0 heterocycles. The standard InChI is InChI=1S/C10H12ClFN2O3S/c11-7-2-3-9(12)8(6-7)10(15)14-4-1-5-18(13,16)17/h2-3,6H,1,4-5H2,(H,14,15)(H2,13,16,17). The lowest BCUT2D eigenvalue weighted by Crippen LogP contribution is -2.28. The summed E-state index contributed by atoms with van der Waals surface area (Å²) in [6.07, 6.45) is 0.159. The number of nitrogens with two attached hydrogens (primary N) is 1. The second-order valence-corrected chi connectivity index (χ2v) is 5.77. The van der Waals surface area contributed by atoms with Gasteiger partial charge in [0.25, 0.3) is 5.91 Å². The van der Waals surface area contributed by atoms with Gasteiger partial charge >= 0.3 is 0 Å². The average Bonchev–Trinajstić information content (AvgIpc) is 2.26. The van der Waals surface area contributed by atoms with Crippen molar-refractivity contribution in [2.45, 2.75) is 6.42 Å². The highest BCUT2D eigenvalue weighted by atomic mass is 35.5. The Balaban J connectivity index is 2.53. The number of rotatable bonds is 5. The van der Waals surface area contributed by atoms with Crippen molar-refractivity contribution in [3.8, 4) is 0 Å². The molecule has 8 heteroatoms. The molecule has 0 aliphatic carbocycles. The number of amides is 1. The van der Waals surface area contributed by atoms with E-state index in [9.17, 15) is 17.6 Å². The van der Waals surface area contributed by atoms with Gasteiger partial charge in [0.2, 0.25) is 10.0 Å². The molecule has 0 spiro atoms. The first kappa shape index (κ1) is 14.9. The van der Waals surface area contributed by atoms with Crippen LogP contribution in [-0.2, 0) is 10.0 Å². The quantitative estimate of drug-likeness (QED) is 0.790. The van der Waals surface area contributed by atoms with Crippen molar-refractivity contribution in [3.63, 3.8) is 0 Å². The number of hydrogen-bond donors (Lipinski definition) is 2. The fraction of sp³-hybridized carbons (Fsp3) is 0.300. The van der Waals surface area contributed by atoms with Crippen LogP contribution in [0.25, 0.3) is 0 Å². The fourth-order valence-corrected chi connectivity index (χ4v) is 1.96. The van der Waals surface area contributed by atoms with Gasteiger partial charge in [-0.25, -0.2) is 17.9 Å². The van der Waals surface area contributed by atoms with Gasteiger partial charge in [-0.15, -0.1) is 0 Å². The maximum atomic E-state index is 13.3. The maximum absolute atomic E-state index is 13.3. The minimum absolute atomic E-state index is 0.0845. The lowest BCUT2D eigenvalue weighted by atomic mass is 10.2. The molecule has 3 N–H and O–H groups in total. The van der Waals surface area contributed by atoms with E-state index >= 15 is 0 Å². The molecule has 1 aromatic carbocycles. The van der Waals surface area contributed by atoms with Crippen molar-refractivity contribution in [3.05, 3.63) is 34.6 Å². The molecule has 0 bridgehead atoms. The Bertz CT molecular complexity index is 548. The second kappa shape index (κ2) is 6.12. The Morgan fingerprint density at radius 2 is 2.11 bits per heavy atom. The Labute approximate surface area is 109 Å². The Hall–Kier alpha value is -1.18. The van der Waals surface area contributed by atoms with Crippen molar-refractivity contribution in [1.82, 2.24) is 5.32 Å². The molecule has 5 nitrogen and oxygen atoms in total. The van der Waals surface area contributed by atoms with E-state index in [1.807, 2.05) is 0 Å². The second-order valence-electron chi connectivity index (χ2n) is 3.60. The van der Waals surface area contributed by atoms with E-state index in [2.05, 4.69) is 5.32 Å². The van der Waals surface area contributed by atoms with E-state index in [4.69, 9.17) is 16.7 Å². The van der Waals surface area contributed by atoms with E-state index in [0.717, 1.165) is 6.07 Å². The first-order valence-corrected chi connectivity index (χ1v) is 7.12. The lowest BCUT2D eigenvalue weighted by molar-refractivity contribution is 0.0949. The summed E-state index contributed by atoms with van der Waals surface area (Å²) in [6.45, 7) is 0.0845. The third kappa shape index (κ3) is 4.99. The van der Waals surface area contributed by atoms with Gasteiger partial charge in [0.15, 0.2) is 0 Å². The van der Waals surface area contributed by atoms with Gasteiger partial charge in [-0.3, -0.25) is 4.79 Å². The molecule has 18 heavy (non-hydrogen) atoms. The summed E-state index contributed by atoms with van der Waals surface area (Å²) < 4.78 is 34.5. The Kier molecular flexibility index (Phi) is 5.06. The molecule has 1 amide bonds. The topological polar surface area (TPSA) is 89.3 Å². The summed E-state index contributed by atoms with van der Waals surface area (Å²) in [7, 11) is -3.55. The molecule has 1 aromatic rings. The number of sulfonamides is 1. The van der Waals surface area contributed by atoms with Gasteiger partial charge in [-0.1, -0.05) is 11.6 Å².